The van der Waals surface area contributed by atoms with E-state index >= 15 is 0 Å². The first-order chi connectivity index (χ1) is 11.7. The summed E-state index contributed by atoms with van der Waals surface area (Å²) in [5.74, 6) is 0.621. The van der Waals surface area contributed by atoms with Crippen molar-refractivity contribution < 1.29 is 9.53 Å². The number of nitrogens with one attached hydrogen (secondary N) is 2. The number of H-pyrrole nitrogens is 1. The molecule has 0 spiro atoms. The number of aryl methyl sites for hydroxylation is 1. The lowest BCUT2D eigenvalue weighted by Gasteiger charge is -2.17. The summed E-state index contributed by atoms with van der Waals surface area (Å²) in [5.41, 5.74) is 5.22. The summed E-state index contributed by atoms with van der Waals surface area (Å²) < 4.78 is 5.74. The molecule has 5 heteroatoms. The van der Waals surface area contributed by atoms with Gasteiger partial charge in [0.2, 0.25) is 0 Å². The van der Waals surface area contributed by atoms with Gasteiger partial charge < -0.3 is 10.1 Å². The van der Waals surface area contributed by atoms with Crippen molar-refractivity contribution in [2.24, 2.45) is 0 Å². The van der Waals surface area contributed by atoms with Crippen molar-refractivity contribution in [1.82, 2.24) is 15.5 Å². The van der Waals surface area contributed by atoms with E-state index < -0.39 is 0 Å². The van der Waals surface area contributed by atoms with Gasteiger partial charge in [-0.05, 0) is 24.6 Å². The van der Waals surface area contributed by atoms with Gasteiger partial charge in [-0.1, -0.05) is 42.0 Å². The summed E-state index contributed by atoms with van der Waals surface area (Å²) in [6.07, 6.45) is 0. The third-order valence-corrected chi connectivity index (χ3v) is 4.18. The summed E-state index contributed by atoms with van der Waals surface area (Å²) >= 11 is 0. The largest absolute Gasteiger partial charge is 0.488 e. The van der Waals surface area contributed by atoms with Crippen LogP contribution in [0.1, 0.15) is 27.2 Å². The zero-order chi connectivity index (χ0) is 16.5. The molecular formula is C19H17N3O2. The fraction of sp³-hybridized carbons (Fsp3) is 0.158. The molecule has 1 aliphatic rings. The molecule has 0 saturated carbocycles. The van der Waals surface area contributed by atoms with E-state index in [1.807, 2.05) is 55.5 Å². The number of hydrogen-bond acceptors (Lipinski definition) is 3. The second-order valence-electron chi connectivity index (χ2n) is 5.88. The van der Waals surface area contributed by atoms with Crippen LogP contribution in [0.3, 0.4) is 0 Å². The number of ether oxygens (including phenoxy) is 1. The lowest BCUT2D eigenvalue weighted by molar-refractivity contribution is 0.0943. The predicted octanol–water partition coefficient (Wildman–Crippen LogP) is 3.21. The predicted molar refractivity (Wildman–Crippen MR) is 90.7 cm³/mol. The lowest BCUT2D eigenvalue weighted by atomic mass is 10.0. The molecule has 120 valence electrons. The van der Waals surface area contributed by atoms with Gasteiger partial charge in [0.1, 0.15) is 23.7 Å². The standard InChI is InChI=1S/C19H17N3O2/c1-12-6-8-13(9-7-12)10-20-19(23)18-15-11-24-16-5-3-2-4-14(16)17(15)21-22-18/h2-9H,10-11H2,1H3,(H,20,23)(H,21,22). The Balaban J connectivity index is 1.55. The van der Waals surface area contributed by atoms with Crippen LogP contribution in [-0.4, -0.2) is 16.1 Å². The van der Waals surface area contributed by atoms with Crippen LogP contribution in [0.25, 0.3) is 11.3 Å². The van der Waals surface area contributed by atoms with Crippen LogP contribution in [-0.2, 0) is 13.2 Å². The third-order valence-electron chi connectivity index (χ3n) is 4.18. The number of rotatable bonds is 3. The van der Waals surface area contributed by atoms with Crippen LogP contribution in [0.4, 0.5) is 0 Å². The molecule has 0 bridgehead atoms. The molecule has 0 saturated heterocycles. The molecule has 0 atom stereocenters. The smallest absolute Gasteiger partial charge is 0.270 e. The molecule has 1 aromatic heterocycles. The van der Waals surface area contributed by atoms with E-state index in [2.05, 4.69) is 15.5 Å². The molecule has 1 amide bonds. The second kappa shape index (κ2) is 5.85. The van der Waals surface area contributed by atoms with Crippen LogP contribution in [0.15, 0.2) is 48.5 Å². The average molecular weight is 319 g/mol. The molecule has 3 aromatic rings. The highest BCUT2D eigenvalue weighted by molar-refractivity contribution is 5.96. The fourth-order valence-electron chi connectivity index (χ4n) is 2.83. The SMILES string of the molecule is Cc1ccc(CNC(=O)c2[nH]nc3c2COc2ccccc2-3)cc1. The number of fused-ring (bicyclic) bond motifs is 3. The van der Waals surface area contributed by atoms with Crippen LogP contribution in [0.5, 0.6) is 5.75 Å². The van der Waals surface area contributed by atoms with Gasteiger partial charge in [0.15, 0.2) is 0 Å². The topological polar surface area (TPSA) is 67.0 Å². The maximum Gasteiger partial charge on any atom is 0.270 e. The Morgan fingerprint density at radius 2 is 2.00 bits per heavy atom. The molecular weight excluding hydrogens is 302 g/mol. The van der Waals surface area contributed by atoms with Gasteiger partial charge in [0, 0.05) is 17.7 Å². The van der Waals surface area contributed by atoms with Gasteiger partial charge in [-0.3, -0.25) is 9.89 Å². The van der Waals surface area contributed by atoms with Gasteiger partial charge in [-0.15, -0.1) is 0 Å². The Hall–Kier alpha value is -3.08. The Bertz CT molecular complexity index is 897. The van der Waals surface area contributed by atoms with Crippen LogP contribution in [0, 0.1) is 6.92 Å². The molecule has 2 aromatic carbocycles. The van der Waals surface area contributed by atoms with E-state index in [-0.39, 0.29) is 5.91 Å². The highest BCUT2D eigenvalue weighted by Crippen LogP contribution is 2.36. The molecule has 0 radical (unpaired) electrons. The van der Waals surface area contributed by atoms with Crippen molar-refractivity contribution in [2.45, 2.75) is 20.1 Å². The Morgan fingerprint density at radius 1 is 1.21 bits per heavy atom. The minimum atomic E-state index is -0.174. The summed E-state index contributed by atoms with van der Waals surface area (Å²) in [6, 6.07) is 15.8. The minimum Gasteiger partial charge on any atom is -0.488 e. The number of nitrogens with zero attached hydrogens (tertiary/aromatic N) is 1. The zero-order valence-electron chi connectivity index (χ0n) is 13.3. The van der Waals surface area contributed by atoms with E-state index in [0.717, 1.165) is 28.1 Å². The quantitative estimate of drug-likeness (QED) is 0.779. The van der Waals surface area contributed by atoms with Crippen molar-refractivity contribution >= 4 is 5.91 Å². The Morgan fingerprint density at radius 3 is 2.83 bits per heavy atom. The molecule has 2 heterocycles. The van der Waals surface area contributed by atoms with Crippen molar-refractivity contribution in [3.8, 4) is 17.0 Å². The zero-order valence-corrected chi connectivity index (χ0v) is 13.3. The van der Waals surface area contributed by atoms with Gasteiger partial charge in [-0.2, -0.15) is 5.10 Å². The highest BCUT2D eigenvalue weighted by atomic mass is 16.5. The summed E-state index contributed by atoms with van der Waals surface area (Å²) in [4.78, 5) is 12.5. The number of aromatic amines is 1. The van der Waals surface area contributed by atoms with Crippen LogP contribution < -0.4 is 10.1 Å². The molecule has 5 nitrogen and oxygen atoms in total. The summed E-state index contributed by atoms with van der Waals surface area (Å²) in [5, 5.41) is 10.1. The number of carbonyl (C=O) groups is 1. The van der Waals surface area contributed by atoms with Crippen molar-refractivity contribution in [3.63, 3.8) is 0 Å². The highest BCUT2D eigenvalue weighted by Gasteiger charge is 2.25. The summed E-state index contributed by atoms with van der Waals surface area (Å²) in [7, 11) is 0. The first kappa shape index (κ1) is 14.5. The summed E-state index contributed by atoms with van der Waals surface area (Å²) in [6.45, 7) is 2.86. The second-order valence-corrected chi connectivity index (χ2v) is 5.88. The van der Waals surface area contributed by atoms with Crippen molar-refractivity contribution in [2.75, 3.05) is 0 Å². The fourth-order valence-corrected chi connectivity index (χ4v) is 2.83. The minimum absolute atomic E-state index is 0.174. The maximum atomic E-state index is 12.5. The normalized spacial score (nSPS) is 12.0. The van der Waals surface area contributed by atoms with Crippen molar-refractivity contribution in [3.05, 3.63) is 70.9 Å². The number of hydrogen-bond donors (Lipinski definition) is 2. The number of benzene rings is 2. The van der Waals surface area contributed by atoms with Crippen LogP contribution in [0.2, 0.25) is 0 Å². The van der Waals surface area contributed by atoms with Crippen molar-refractivity contribution in [1.29, 1.82) is 0 Å². The monoisotopic (exact) mass is 319 g/mol. The molecule has 2 N–H and O–H groups in total. The molecule has 0 unspecified atom stereocenters. The molecule has 0 fully saturated rings. The number of amides is 1. The van der Waals surface area contributed by atoms with E-state index in [9.17, 15) is 4.79 Å². The van der Waals surface area contributed by atoms with Gasteiger partial charge in [-0.25, -0.2) is 0 Å². The first-order valence-corrected chi connectivity index (χ1v) is 7.85. The van der Waals surface area contributed by atoms with Gasteiger partial charge in [0.05, 0.1) is 0 Å². The van der Waals surface area contributed by atoms with E-state index in [1.54, 1.807) is 0 Å². The lowest BCUT2D eigenvalue weighted by Crippen LogP contribution is -2.24. The molecule has 24 heavy (non-hydrogen) atoms. The maximum absolute atomic E-state index is 12.5. The van der Waals surface area contributed by atoms with Gasteiger partial charge >= 0.3 is 0 Å². The average Bonchev–Trinajstić information content (AvgIpc) is 3.05. The van der Waals surface area contributed by atoms with E-state index in [0.29, 0.717) is 18.8 Å². The Labute approximate surface area is 139 Å². The van der Waals surface area contributed by atoms with Crippen LogP contribution >= 0.6 is 0 Å². The van der Waals surface area contributed by atoms with Gasteiger partial charge in [0.25, 0.3) is 5.91 Å². The van der Waals surface area contributed by atoms with E-state index in [1.165, 1.54) is 5.56 Å². The number of carbonyl (C=O) groups excluding carboxylic acids is 1. The Kier molecular flexibility index (Phi) is 3.54. The number of para-hydroxylation sites is 1. The first-order valence-electron chi connectivity index (χ1n) is 7.85. The van der Waals surface area contributed by atoms with E-state index in [4.69, 9.17) is 4.74 Å². The molecule has 4 rings (SSSR count). The third kappa shape index (κ3) is 2.54. The molecule has 0 aliphatic carbocycles. The molecule has 1 aliphatic heterocycles. The number of aromatic nitrogens is 2.